The van der Waals surface area contributed by atoms with Crippen LogP contribution >= 0.6 is 23.2 Å². The quantitative estimate of drug-likeness (QED) is 0.384. The molecule has 0 spiro atoms. The summed E-state index contributed by atoms with van der Waals surface area (Å²) in [6.45, 7) is 0.508. The zero-order valence-corrected chi connectivity index (χ0v) is 10.6. The number of nitrogens with one attached hydrogen (secondary N) is 1. The number of fused-ring (bicyclic) bond motifs is 1. The molecule has 0 atom stereocenters. The van der Waals surface area contributed by atoms with Crippen molar-refractivity contribution in [2.75, 3.05) is 0 Å². The highest BCUT2D eigenvalue weighted by Gasteiger charge is 2.11. The van der Waals surface area contributed by atoms with Crippen molar-refractivity contribution in [3.63, 3.8) is 0 Å². The Labute approximate surface area is 112 Å². The van der Waals surface area contributed by atoms with Crippen LogP contribution in [0, 0.1) is 0 Å². The number of aryl methyl sites for hydroxylation is 1. The average molecular weight is 290 g/mol. The summed E-state index contributed by atoms with van der Waals surface area (Å²) in [4.78, 5) is 22.8. The molecule has 18 heavy (non-hydrogen) atoms. The van der Waals surface area contributed by atoms with E-state index in [9.17, 15) is 4.79 Å². The van der Waals surface area contributed by atoms with Crippen molar-refractivity contribution >= 4 is 40.3 Å². The minimum absolute atomic E-state index is 0.0438. The largest absolute Gasteiger partial charge is 0.315 e. The van der Waals surface area contributed by atoms with Gasteiger partial charge in [0.1, 0.15) is 5.52 Å². The maximum atomic E-state index is 10.9. The van der Waals surface area contributed by atoms with E-state index in [-0.39, 0.29) is 16.9 Å². The number of halogens is 2. The maximum Gasteiger partial charge on any atom is 0.243 e. The van der Waals surface area contributed by atoms with E-state index >= 15 is 0 Å². The number of carbonyl (C=O) groups excluding carboxylic acids is 1. The fourth-order valence-corrected chi connectivity index (χ4v) is 1.94. The Hall–Kier alpha value is -1.44. The number of amides is 1. The fraction of sp³-hybridized carbons (Fsp3) is 0.333. The smallest absolute Gasteiger partial charge is 0.243 e. The molecule has 0 aromatic carbocycles. The summed E-state index contributed by atoms with van der Waals surface area (Å²) in [7, 11) is 0. The third kappa shape index (κ3) is 2.69. The molecular formula is C9H9Cl2N5O2. The van der Waals surface area contributed by atoms with Crippen molar-refractivity contribution in [3.05, 3.63) is 16.8 Å². The Bertz CT molecular complexity index is 586. The number of hydrogen-bond acceptors (Lipinski definition) is 5. The van der Waals surface area contributed by atoms with Crippen LogP contribution in [0.3, 0.4) is 0 Å². The molecule has 0 unspecified atom stereocenters. The second kappa shape index (κ2) is 5.47. The lowest BCUT2D eigenvalue weighted by Crippen LogP contribution is -2.18. The van der Waals surface area contributed by atoms with Gasteiger partial charge in [0.25, 0.3) is 0 Å². The van der Waals surface area contributed by atoms with E-state index in [0.29, 0.717) is 24.1 Å². The van der Waals surface area contributed by atoms with Gasteiger partial charge in [-0.1, -0.05) is 11.6 Å². The molecule has 1 amide bonds. The van der Waals surface area contributed by atoms with Gasteiger partial charge in [0, 0.05) is 13.0 Å². The zero-order valence-electron chi connectivity index (χ0n) is 9.10. The Kier molecular flexibility index (Phi) is 3.95. The number of nitrogens with zero attached hydrogens (tertiary/aromatic N) is 4. The van der Waals surface area contributed by atoms with Gasteiger partial charge in [0.15, 0.2) is 10.8 Å². The average Bonchev–Trinajstić information content (AvgIpc) is 2.72. The van der Waals surface area contributed by atoms with Crippen LogP contribution in [0.5, 0.6) is 0 Å². The molecular weight excluding hydrogens is 281 g/mol. The first-order valence-electron chi connectivity index (χ1n) is 5.08. The molecule has 0 bridgehead atoms. The SMILES string of the molecule is O=C(CCCn1cnc2c(Cl)nc(Cl)nc21)NO. The number of aromatic nitrogens is 4. The van der Waals surface area contributed by atoms with Crippen molar-refractivity contribution in [1.82, 2.24) is 25.0 Å². The molecule has 2 N–H and O–H groups in total. The molecule has 0 radical (unpaired) electrons. The number of hydrogen-bond donors (Lipinski definition) is 2. The lowest BCUT2D eigenvalue weighted by Gasteiger charge is -2.03. The van der Waals surface area contributed by atoms with Crippen LogP contribution in [0.4, 0.5) is 0 Å². The predicted octanol–water partition coefficient (Wildman–Crippen LogP) is 1.42. The molecule has 2 aromatic heterocycles. The molecule has 96 valence electrons. The molecule has 2 heterocycles. The lowest BCUT2D eigenvalue weighted by molar-refractivity contribution is -0.129. The van der Waals surface area contributed by atoms with E-state index < -0.39 is 5.91 Å². The zero-order chi connectivity index (χ0) is 13.1. The van der Waals surface area contributed by atoms with Crippen molar-refractivity contribution in [1.29, 1.82) is 0 Å². The van der Waals surface area contributed by atoms with Crippen molar-refractivity contribution in [2.24, 2.45) is 0 Å². The maximum absolute atomic E-state index is 10.9. The highest BCUT2D eigenvalue weighted by atomic mass is 35.5. The highest BCUT2D eigenvalue weighted by Crippen LogP contribution is 2.20. The first-order chi connectivity index (χ1) is 8.61. The fourth-order valence-electron chi connectivity index (χ4n) is 1.51. The Morgan fingerprint density at radius 2 is 2.22 bits per heavy atom. The Morgan fingerprint density at radius 3 is 2.94 bits per heavy atom. The Balaban J connectivity index is 2.16. The van der Waals surface area contributed by atoms with E-state index in [0.717, 1.165) is 0 Å². The summed E-state index contributed by atoms with van der Waals surface area (Å²) in [5.41, 5.74) is 2.55. The van der Waals surface area contributed by atoms with Crippen LogP contribution < -0.4 is 5.48 Å². The van der Waals surface area contributed by atoms with E-state index in [1.165, 1.54) is 0 Å². The first-order valence-corrected chi connectivity index (χ1v) is 5.84. The van der Waals surface area contributed by atoms with Crippen LogP contribution in [0.25, 0.3) is 11.2 Å². The monoisotopic (exact) mass is 289 g/mol. The van der Waals surface area contributed by atoms with E-state index in [4.69, 9.17) is 28.4 Å². The van der Waals surface area contributed by atoms with Crippen LogP contribution in [0.2, 0.25) is 10.4 Å². The molecule has 0 saturated heterocycles. The standard InChI is InChI=1S/C9H9Cl2N5O2/c10-7-6-8(14-9(11)13-7)16(4-12-6)3-1-2-5(17)15-18/h4,18H,1-3H2,(H,15,17). The number of imidazole rings is 1. The summed E-state index contributed by atoms with van der Waals surface area (Å²) < 4.78 is 1.72. The lowest BCUT2D eigenvalue weighted by atomic mass is 10.3. The normalized spacial score (nSPS) is 10.8. The van der Waals surface area contributed by atoms with Crippen LogP contribution in [-0.4, -0.2) is 30.6 Å². The van der Waals surface area contributed by atoms with Gasteiger partial charge in [-0.3, -0.25) is 10.0 Å². The minimum atomic E-state index is -0.440. The van der Waals surface area contributed by atoms with Gasteiger partial charge in [-0.05, 0) is 18.0 Å². The molecule has 7 nitrogen and oxygen atoms in total. The van der Waals surface area contributed by atoms with Crippen molar-refractivity contribution in [2.45, 2.75) is 19.4 Å². The third-order valence-corrected chi connectivity index (χ3v) is 2.75. The van der Waals surface area contributed by atoms with Crippen LogP contribution in [-0.2, 0) is 11.3 Å². The van der Waals surface area contributed by atoms with Gasteiger partial charge in [-0.2, -0.15) is 4.98 Å². The number of hydroxylamine groups is 1. The second-order valence-electron chi connectivity index (χ2n) is 3.53. The number of carbonyl (C=O) groups is 1. The molecule has 0 fully saturated rings. The van der Waals surface area contributed by atoms with Crippen molar-refractivity contribution < 1.29 is 10.0 Å². The summed E-state index contributed by atoms with van der Waals surface area (Å²) in [6, 6.07) is 0. The van der Waals surface area contributed by atoms with Gasteiger partial charge in [-0.15, -0.1) is 0 Å². The van der Waals surface area contributed by atoms with Gasteiger partial charge in [-0.25, -0.2) is 15.4 Å². The number of rotatable bonds is 4. The van der Waals surface area contributed by atoms with Gasteiger partial charge in [0.05, 0.1) is 6.33 Å². The molecule has 0 aliphatic rings. The summed E-state index contributed by atoms with van der Waals surface area (Å²) in [5.74, 6) is -0.440. The summed E-state index contributed by atoms with van der Waals surface area (Å²) in [6.07, 6.45) is 2.28. The van der Waals surface area contributed by atoms with Gasteiger partial charge >= 0.3 is 0 Å². The second-order valence-corrected chi connectivity index (χ2v) is 4.23. The summed E-state index contributed by atoms with van der Waals surface area (Å²) >= 11 is 11.6. The molecule has 0 saturated carbocycles. The highest BCUT2D eigenvalue weighted by molar-refractivity contribution is 6.35. The molecule has 0 aliphatic heterocycles. The van der Waals surface area contributed by atoms with Gasteiger partial charge in [0.2, 0.25) is 11.2 Å². The van der Waals surface area contributed by atoms with Crippen molar-refractivity contribution in [3.8, 4) is 0 Å². The third-order valence-electron chi connectivity index (χ3n) is 2.32. The Morgan fingerprint density at radius 1 is 1.44 bits per heavy atom. The van der Waals surface area contributed by atoms with E-state index in [2.05, 4.69) is 15.0 Å². The molecule has 2 rings (SSSR count). The van der Waals surface area contributed by atoms with Crippen LogP contribution in [0.15, 0.2) is 6.33 Å². The first kappa shape index (κ1) is 13.0. The summed E-state index contributed by atoms with van der Waals surface area (Å²) in [5, 5.41) is 8.60. The van der Waals surface area contributed by atoms with Crippen LogP contribution in [0.1, 0.15) is 12.8 Å². The molecule has 2 aromatic rings. The topological polar surface area (TPSA) is 92.9 Å². The van der Waals surface area contributed by atoms with E-state index in [1.807, 2.05) is 0 Å². The minimum Gasteiger partial charge on any atom is -0.315 e. The predicted molar refractivity (Wildman–Crippen MR) is 64.5 cm³/mol. The van der Waals surface area contributed by atoms with E-state index in [1.54, 1.807) is 16.4 Å². The molecule has 9 heteroatoms. The van der Waals surface area contributed by atoms with Gasteiger partial charge < -0.3 is 4.57 Å². The molecule has 0 aliphatic carbocycles.